The molecule has 1 aromatic rings. The van der Waals surface area contributed by atoms with Crippen molar-refractivity contribution in [1.82, 2.24) is 9.88 Å². The van der Waals surface area contributed by atoms with Crippen LogP contribution in [-0.2, 0) is 22.5 Å². The molecular formula is C14H22N2O2S. The highest BCUT2D eigenvalue weighted by Crippen LogP contribution is 2.25. The first-order valence-corrected chi connectivity index (χ1v) is 7.85. The zero-order valence-electron chi connectivity index (χ0n) is 11.7. The Balaban J connectivity index is 2.01. The van der Waals surface area contributed by atoms with Crippen LogP contribution < -0.4 is 0 Å². The van der Waals surface area contributed by atoms with Gasteiger partial charge in [0.1, 0.15) is 0 Å². The van der Waals surface area contributed by atoms with Crippen molar-refractivity contribution < 1.29 is 9.53 Å². The van der Waals surface area contributed by atoms with E-state index in [1.165, 1.54) is 37.8 Å². The number of rotatable bonds is 6. The Labute approximate surface area is 118 Å². The number of carbonyl (C=O) groups is 1. The van der Waals surface area contributed by atoms with Gasteiger partial charge in [0.15, 0.2) is 0 Å². The normalized spacial score (nSPS) is 16.2. The fourth-order valence-corrected chi connectivity index (χ4v) is 3.34. The van der Waals surface area contributed by atoms with Gasteiger partial charge in [-0.05, 0) is 19.3 Å². The molecule has 106 valence electrons. The molecule has 0 radical (unpaired) electrons. The average molecular weight is 282 g/mol. The van der Waals surface area contributed by atoms with Gasteiger partial charge in [0.25, 0.3) is 0 Å². The second kappa shape index (κ2) is 7.01. The fraction of sp³-hybridized carbons (Fsp3) is 0.714. The van der Waals surface area contributed by atoms with Crippen molar-refractivity contribution >= 4 is 17.3 Å². The first kappa shape index (κ1) is 14.5. The van der Waals surface area contributed by atoms with Crippen LogP contribution >= 0.6 is 11.3 Å². The maximum absolute atomic E-state index is 11.5. The smallest absolute Gasteiger partial charge is 0.319 e. The highest BCUT2D eigenvalue weighted by Gasteiger charge is 2.25. The Kier molecular flexibility index (Phi) is 5.34. The molecular weight excluding hydrogens is 260 g/mol. The molecule has 1 saturated carbocycles. The van der Waals surface area contributed by atoms with E-state index in [1.54, 1.807) is 11.3 Å². The van der Waals surface area contributed by atoms with E-state index in [2.05, 4.69) is 22.2 Å². The number of aryl methyl sites for hydroxylation is 1. The van der Waals surface area contributed by atoms with Gasteiger partial charge in [0.05, 0.1) is 24.4 Å². The summed E-state index contributed by atoms with van der Waals surface area (Å²) in [5, 5.41) is 3.28. The lowest BCUT2D eigenvalue weighted by atomic mass is 10.2. The van der Waals surface area contributed by atoms with Crippen LogP contribution in [0.5, 0.6) is 0 Å². The molecule has 0 aliphatic heterocycles. The molecule has 0 saturated heterocycles. The van der Waals surface area contributed by atoms with E-state index in [4.69, 9.17) is 4.74 Å². The summed E-state index contributed by atoms with van der Waals surface area (Å²) in [6, 6.07) is 0.505. The first-order valence-electron chi connectivity index (χ1n) is 6.97. The van der Waals surface area contributed by atoms with Gasteiger partial charge in [-0.15, -0.1) is 11.3 Å². The summed E-state index contributed by atoms with van der Waals surface area (Å²) in [5.74, 6) is -0.155. The van der Waals surface area contributed by atoms with Crippen molar-refractivity contribution in [3.05, 3.63) is 16.1 Å². The molecule has 4 nitrogen and oxygen atoms in total. The van der Waals surface area contributed by atoms with E-state index in [-0.39, 0.29) is 5.97 Å². The number of methoxy groups -OCH3 is 1. The molecule has 0 bridgehead atoms. The molecule has 1 aliphatic rings. The number of carbonyl (C=O) groups excluding carboxylic acids is 1. The predicted octanol–water partition coefficient (Wildman–Crippen LogP) is 2.62. The molecule has 0 amide bonds. The van der Waals surface area contributed by atoms with Gasteiger partial charge >= 0.3 is 5.97 Å². The molecule has 0 spiro atoms. The molecule has 0 aromatic carbocycles. The van der Waals surface area contributed by atoms with Gasteiger partial charge in [0, 0.05) is 18.0 Å². The lowest BCUT2D eigenvalue weighted by molar-refractivity contribution is -0.142. The predicted molar refractivity (Wildman–Crippen MR) is 76.2 cm³/mol. The number of hydrogen-bond donors (Lipinski definition) is 0. The second-order valence-corrected chi connectivity index (χ2v) is 5.95. The minimum absolute atomic E-state index is 0.155. The number of thiazole rings is 1. The molecule has 1 fully saturated rings. The van der Waals surface area contributed by atoms with Gasteiger partial charge in [0.2, 0.25) is 0 Å². The molecule has 1 heterocycles. The van der Waals surface area contributed by atoms with Crippen LogP contribution in [0.3, 0.4) is 0 Å². The molecule has 0 atom stereocenters. The highest BCUT2D eigenvalue weighted by atomic mass is 32.1. The van der Waals surface area contributed by atoms with Crippen molar-refractivity contribution in [3.63, 3.8) is 0 Å². The minimum Gasteiger partial charge on any atom is -0.468 e. The number of esters is 1. The van der Waals surface area contributed by atoms with E-state index >= 15 is 0 Å². The molecule has 1 aliphatic carbocycles. The molecule has 2 rings (SSSR count). The van der Waals surface area contributed by atoms with Gasteiger partial charge < -0.3 is 4.74 Å². The van der Waals surface area contributed by atoms with Crippen molar-refractivity contribution in [3.8, 4) is 0 Å². The number of nitrogens with zero attached hydrogens (tertiary/aromatic N) is 2. The van der Waals surface area contributed by atoms with E-state index < -0.39 is 0 Å². The zero-order valence-corrected chi connectivity index (χ0v) is 12.5. The number of ether oxygens (including phenoxy) is 1. The summed E-state index contributed by atoms with van der Waals surface area (Å²) in [6.07, 6.45) is 5.87. The lowest BCUT2D eigenvalue weighted by Crippen LogP contribution is -2.37. The van der Waals surface area contributed by atoms with Crippen molar-refractivity contribution in [2.24, 2.45) is 0 Å². The van der Waals surface area contributed by atoms with Gasteiger partial charge in [-0.25, -0.2) is 4.98 Å². The fourth-order valence-electron chi connectivity index (χ4n) is 2.61. The second-order valence-electron chi connectivity index (χ2n) is 5.01. The number of hydrogen-bond acceptors (Lipinski definition) is 5. The summed E-state index contributed by atoms with van der Waals surface area (Å²) in [6.45, 7) is 3.25. The Hall–Kier alpha value is -0.940. The summed E-state index contributed by atoms with van der Waals surface area (Å²) in [5.41, 5.74) is 1.08. The Bertz CT molecular complexity index is 413. The molecule has 19 heavy (non-hydrogen) atoms. The highest BCUT2D eigenvalue weighted by molar-refractivity contribution is 7.09. The average Bonchev–Trinajstić information content (AvgIpc) is 3.08. The molecule has 0 N–H and O–H groups in total. The zero-order chi connectivity index (χ0) is 13.7. The van der Waals surface area contributed by atoms with Crippen LogP contribution in [0.25, 0.3) is 0 Å². The maximum Gasteiger partial charge on any atom is 0.319 e. The monoisotopic (exact) mass is 282 g/mol. The van der Waals surface area contributed by atoms with Crippen molar-refractivity contribution in [2.75, 3.05) is 13.7 Å². The Morgan fingerprint density at radius 2 is 2.26 bits per heavy atom. The van der Waals surface area contributed by atoms with E-state index in [9.17, 15) is 4.79 Å². The minimum atomic E-state index is -0.155. The quantitative estimate of drug-likeness (QED) is 0.752. The summed E-state index contributed by atoms with van der Waals surface area (Å²) in [4.78, 5) is 18.4. The third-order valence-corrected chi connectivity index (χ3v) is 4.71. The summed E-state index contributed by atoms with van der Waals surface area (Å²) in [7, 11) is 1.45. The van der Waals surface area contributed by atoms with E-state index in [1.807, 2.05) is 0 Å². The van der Waals surface area contributed by atoms with Crippen LogP contribution in [0, 0.1) is 0 Å². The molecule has 5 heteroatoms. The third-order valence-electron chi connectivity index (χ3n) is 3.67. The number of aromatic nitrogens is 1. The molecule has 0 unspecified atom stereocenters. The van der Waals surface area contributed by atoms with E-state index in [0.717, 1.165) is 18.7 Å². The Morgan fingerprint density at radius 1 is 1.53 bits per heavy atom. The topological polar surface area (TPSA) is 42.4 Å². The SMILES string of the molecule is CCc1nc(CN(CC(=O)OC)C2CCCC2)cs1. The largest absolute Gasteiger partial charge is 0.468 e. The van der Waals surface area contributed by atoms with Crippen LogP contribution in [-0.4, -0.2) is 35.5 Å². The maximum atomic E-state index is 11.5. The van der Waals surface area contributed by atoms with Crippen LogP contribution in [0.15, 0.2) is 5.38 Å². The Morgan fingerprint density at radius 3 is 2.84 bits per heavy atom. The third kappa shape index (κ3) is 4.01. The van der Waals surface area contributed by atoms with Crippen molar-refractivity contribution in [2.45, 2.75) is 51.6 Å². The van der Waals surface area contributed by atoms with E-state index in [0.29, 0.717) is 12.6 Å². The van der Waals surface area contributed by atoms with Crippen molar-refractivity contribution in [1.29, 1.82) is 0 Å². The molecule has 1 aromatic heterocycles. The van der Waals surface area contributed by atoms with Crippen LogP contribution in [0.4, 0.5) is 0 Å². The first-order chi connectivity index (χ1) is 9.22. The van der Waals surface area contributed by atoms with Gasteiger partial charge in [-0.1, -0.05) is 19.8 Å². The lowest BCUT2D eigenvalue weighted by Gasteiger charge is -2.26. The standard InChI is InChI=1S/C14H22N2O2S/c1-3-13-15-11(10-19-13)8-16(9-14(17)18-2)12-6-4-5-7-12/h10,12H,3-9H2,1-2H3. The summed E-state index contributed by atoms with van der Waals surface area (Å²) < 4.78 is 4.81. The summed E-state index contributed by atoms with van der Waals surface area (Å²) >= 11 is 1.70. The van der Waals surface area contributed by atoms with Crippen LogP contribution in [0.2, 0.25) is 0 Å². The van der Waals surface area contributed by atoms with Gasteiger partial charge in [-0.2, -0.15) is 0 Å². The van der Waals surface area contributed by atoms with Crippen LogP contribution in [0.1, 0.15) is 43.3 Å². The van der Waals surface area contributed by atoms with Gasteiger partial charge in [-0.3, -0.25) is 9.69 Å².